The minimum absolute atomic E-state index is 0.146. The molecule has 0 radical (unpaired) electrons. The Hall–Kier alpha value is -3.25. The lowest BCUT2D eigenvalue weighted by molar-refractivity contribution is -0.129. The number of benzene rings is 2. The lowest BCUT2D eigenvalue weighted by atomic mass is 10.0. The Morgan fingerprint density at radius 2 is 1.91 bits per heavy atom. The first-order valence-corrected chi connectivity index (χ1v) is 12.4. The van der Waals surface area contributed by atoms with Crippen LogP contribution in [0.2, 0.25) is 5.02 Å². The molecule has 0 saturated heterocycles. The van der Waals surface area contributed by atoms with Gasteiger partial charge in [0.1, 0.15) is 5.82 Å². The molecule has 1 N–H and O–H groups in total. The number of fused-ring (bicyclic) bond motifs is 2. The Balaban J connectivity index is 1.50. The summed E-state index contributed by atoms with van der Waals surface area (Å²) >= 11 is 6.24. The molecule has 0 bridgehead atoms. The second kappa shape index (κ2) is 9.78. The average Bonchev–Trinajstić information content (AvgIpc) is 3.49. The first-order valence-electron chi connectivity index (χ1n) is 12.0. The number of hydrogen-bond acceptors (Lipinski definition) is 4. The van der Waals surface area contributed by atoms with E-state index >= 15 is 0 Å². The normalized spacial score (nSPS) is 17.5. The second-order valence-corrected chi connectivity index (χ2v) is 9.58. The average molecular weight is 493 g/mol. The molecule has 180 valence electrons. The quantitative estimate of drug-likeness (QED) is 0.436. The number of hydrogen-bond donors (Lipinski definition) is 1. The first-order chi connectivity index (χ1) is 16.9. The minimum Gasteiger partial charge on any atom is -0.449 e. The van der Waals surface area contributed by atoms with E-state index in [0.29, 0.717) is 45.6 Å². The summed E-state index contributed by atoms with van der Waals surface area (Å²) in [7, 11) is 0. The molecule has 0 aliphatic heterocycles. The molecular formula is C28H26ClFN2O3. The van der Waals surface area contributed by atoms with Gasteiger partial charge in [-0.15, -0.1) is 0 Å². The monoisotopic (exact) mass is 492 g/mol. The maximum atomic E-state index is 14.4. The lowest BCUT2D eigenvalue weighted by Crippen LogP contribution is -2.41. The summed E-state index contributed by atoms with van der Waals surface area (Å²) in [6.07, 6.45) is 6.04. The van der Waals surface area contributed by atoms with Crippen LogP contribution in [0.5, 0.6) is 0 Å². The van der Waals surface area contributed by atoms with E-state index in [2.05, 4.69) is 5.32 Å². The van der Waals surface area contributed by atoms with Crippen LogP contribution in [0.3, 0.4) is 0 Å². The largest absolute Gasteiger partial charge is 0.449 e. The summed E-state index contributed by atoms with van der Waals surface area (Å²) in [6, 6.07) is 12.1. The van der Waals surface area contributed by atoms with E-state index in [1.54, 1.807) is 25.1 Å². The Kier molecular flexibility index (Phi) is 6.56. The number of amides is 1. The van der Waals surface area contributed by atoms with Crippen LogP contribution in [-0.4, -0.2) is 29.0 Å². The zero-order chi connectivity index (χ0) is 24.5. The van der Waals surface area contributed by atoms with Gasteiger partial charge in [-0.2, -0.15) is 0 Å². The number of nitrogens with one attached hydrogen (secondary N) is 1. The van der Waals surface area contributed by atoms with Crippen molar-refractivity contribution in [3.8, 4) is 0 Å². The fourth-order valence-electron chi connectivity index (χ4n) is 5.00. The van der Waals surface area contributed by atoms with Crippen molar-refractivity contribution in [3.63, 3.8) is 0 Å². The number of para-hydroxylation sites is 1. The molecule has 5 nitrogen and oxygen atoms in total. The van der Waals surface area contributed by atoms with Crippen molar-refractivity contribution in [1.82, 2.24) is 10.3 Å². The Morgan fingerprint density at radius 1 is 1.14 bits per heavy atom. The van der Waals surface area contributed by atoms with Crippen LogP contribution in [0, 0.1) is 5.82 Å². The summed E-state index contributed by atoms with van der Waals surface area (Å²) in [5.41, 5.74) is 3.53. The molecule has 1 heterocycles. The maximum absolute atomic E-state index is 14.4. The van der Waals surface area contributed by atoms with Crippen molar-refractivity contribution < 1.29 is 18.7 Å². The summed E-state index contributed by atoms with van der Waals surface area (Å²) in [6.45, 7) is 1.59. The van der Waals surface area contributed by atoms with Crippen LogP contribution >= 0.6 is 11.6 Å². The molecule has 2 aliphatic carbocycles. The fourth-order valence-corrected chi connectivity index (χ4v) is 5.21. The van der Waals surface area contributed by atoms with Crippen molar-refractivity contribution in [2.45, 2.75) is 57.6 Å². The van der Waals surface area contributed by atoms with E-state index in [4.69, 9.17) is 21.3 Å². The van der Waals surface area contributed by atoms with E-state index in [1.165, 1.54) is 6.07 Å². The highest BCUT2D eigenvalue weighted by molar-refractivity contribution is 6.32. The standard InChI is InChI=1S/C28H26ClFN2O3/c1-16(27(33)31-18-7-2-3-8-18)35-28(34)25-19-9-4-5-12-24(19)32-26-17(13-14-20(25)26)15-21-22(29)10-6-11-23(21)30/h4-6,9-12,15-16,18H,2-3,7-8,13-14H2,1H3,(H,31,33). The highest BCUT2D eigenvalue weighted by Crippen LogP contribution is 2.39. The first kappa shape index (κ1) is 23.5. The molecule has 1 atom stereocenters. The highest BCUT2D eigenvalue weighted by Gasteiger charge is 2.30. The maximum Gasteiger partial charge on any atom is 0.339 e. The number of halogens is 2. The zero-order valence-corrected chi connectivity index (χ0v) is 20.2. The van der Waals surface area contributed by atoms with E-state index in [-0.39, 0.29) is 11.9 Å². The van der Waals surface area contributed by atoms with E-state index in [9.17, 15) is 14.0 Å². The minimum atomic E-state index is -0.917. The molecule has 5 rings (SSSR count). The van der Waals surface area contributed by atoms with E-state index in [0.717, 1.165) is 36.8 Å². The van der Waals surface area contributed by atoms with Gasteiger partial charge in [-0.1, -0.05) is 48.7 Å². The highest BCUT2D eigenvalue weighted by atomic mass is 35.5. The van der Waals surface area contributed by atoms with Crippen LogP contribution < -0.4 is 5.32 Å². The van der Waals surface area contributed by atoms with Crippen molar-refractivity contribution in [2.24, 2.45) is 0 Å². The molecule has 1 unspecified atom stereocenters. The zero-order valence-electron chi connectivity index (χ0n) is 19.4. The number of carbonyl (C=O) groups excluding carboxylic acids is 2. The van der Waals surface area contributed by atoms with Gasteiger partial charge in [-0.25, -0.2) is 14.2 Å². The van der Waals surface area contributed by atoms with Gasteiger partial charge in [-0.05, 0) is 68.0 Å². The summed E-state index contributed by atoms with van der Waals surface area (Å²) < 4.78 is 20.1. The number of aromatic nitrogens is 1. The predicted octanol–water partition coefficient (Wildman–Crippen LogP) is 6.12. The molecular weight excluding hydrogens is 467 g/mol. The fraction of sp³-hybridized carbons (Fsp3) is 0.321. The van der Waals surface area contributed by atoms with Crippen molar-refractivity contribution >= 4 is 46.0 Å². The Morgan fingerprint density at radius 3 is 2.69 bits per heavy atom. The van der Waals surface area contributed by atoms with Gasteiger partial charge >= 0.3 is 5.97 Å². The predicted molar refractivity (Wildman–Crippen MR) is 135 cm³/mol. The van der Waals surface area contributed by atoms with Crippen molar-refractivity contribution in [2.75, 3.05) is 0 Å². The molecule has 0 spiro atoms. The topological polar surface area (TPSA) is 68.3 Å². The summed E-state index contributed by atoms with van der Waals surface area (Å²) in [5.74, 6) is -1.25. The Bertz CT molecular complexity index is 1330. The number of allylic oxidation sites excluding steroid dienone is 1. The molecule has 2 aliphatic rings. The van der Waals surface area contributed by atoms with E-state index < -0.39 is 17.9 Å². The third-order valence-electron chi connectivity index (χ3n) is 6.82. The van der Waals surface area contributed by atoms with Crippen LogP contribution in [0.1, 0.15) is 66.2 Å². The lowest BCUT2D eigenvalue weighted by Gasteiger charge is -2.18. The van der Waals surface area contributed by atoms with Gasteiger partial charge in [0.05, 0.1) is 21.8 Å². The van der Waals surface area contributed by atoms with Crippen LogP contribution in [0.15, 0.2) is 42.5 Å². The van der Waals surface area contributed by atoms with Crippen LogP contribution in [0.25, 0.3) is 22.6 Å². The summed E-state index contributed by atoms with van der Waals surface area (Å²) in [5, 5.41) is 3.97. The number of nitrogens with zero attached hydrogens (tertiary/aromatic N) is 1. The molecule has 1 saturated carbocycles. The van der Waals surface area contributed by atoms with Crippen LogP contribution in [0.4, 0.5) is 4.39 Å². The molecule has 2 aromatic carbocycles. The smallest absolute Gasteiger partial charge is 0.339 e. The molecule has 7 heteroatoms. The number of rotatable bonds is 5. The number of ether oxygens (including phenoxy) is 1. The van der Waals surface area contributed by atoms with Crippen molar-refractivity contribution in [3.05, 3.63) is 75.7 Å². The summed E-state index contributed by atoms with van der Waals surface area (Å²) in [4.78, 5) is 30.8. The Labute approximate surface area is 208 Å². The molecule has 35 heavy (non-hydrogen) atoms. The number of carbonyl (C=O) groups is 2. The third kappa shape index (κ3) is 4.67. The third-order valence-corrected chi connectivity index (χ3v) is 7.15. The van der Waals surface area contributed by atoms with E-state index in [1.807, 2.05) is 24.3 Å². The van der Waals surface area contributed by atoms with Gasteiger partial charge in [-0.3, -0.25) is 4.79 Å². The van der Waals surface area contributed by atoms with Crippen LogP contribution in [-0.2, 0) is 16.0 Å². The van der Waals surface area contributed by atoms with Gasteiger partial charge in [0, 0.05) is 17.0 Å². The number of esters is 1. The van der Waals surface area contributed by atoms with Gasteiger partial charge in [0.2, 0.25) is 0 Å². The van der Waals surface area contributed by atoms with Gasteiger partial charge in [0.25, 0.3) is 5.91 Å². The molecule has 1 fully saturated rings. The molecule has 1 aromatic heterocycles. The number of pyridine rings is 1. The second-order valence-electron chi connectivity index (χ2n) is 9.17. The molecule has 3 aromatic rings. The van der Waals surface area contributed by atoms with Gasteiger partial charge in [0.15, 0.2) is 6.10 Å². The SMILES string of the molecule is CC(OC(=O)c1c2c(nc3ccccc13)C(=Cc1c(F)cccc1Cl)CC2)C(=O)NC1CCCC1. The van der Waals surface area contributed by atoms with Gasteiger partial charge < -0.3 is 10.1 Å². The van der Waals surface area contributed by atoms with Crippen molar-refractivity contribution in [1.29, 1.82) is 0 Å². The molecule has 1 amide bonds.